The van der Waals surface area contributed by atoms with Crippen molar-refractivity contribution in [3.8, 4) is 17.6 Å². The SMILES string of the molecule is O=C(C#Cc1ccc(O)cc1)c1ccccc1. The third-order valence-corrected chi connectivity index (χ3v) is 2.22. The second kappa shape index (κ2) is 5.00. The van der Waals surface area contributed by atoms with Crippen LogP contribution in [0, 0.1) is 11.8 Å². The van der Waals surface area contributed by atoms with Gasteiger partial charge in [0.25, 0.3) is 0 Å². The van der Waals surface area contributed by atoms with E-state index < -0.39 is 0 Å². The van der Waals surface area contributed by atoms with Gasteiger partial charge in [0.15, 0.2) is 0 Å². The van der Waals surface area contributed by atoms with E-state index in [2.05, 4.69) is 11.8 Å². The molecule has 0 spiro atoms. The van der Waals surface area contributed by atoms with Crippen LogP contribution in [0.15, 0.2) is 54.6 Å². The molecule has 0 heterocycles. The number of ketones is 1. The Hall–Kier alpha value is -2.53. The summed E-state index contributed by atoms with van der Waals surface area (Å²) in [6.07, 6.45) is 0. The second-order valence-electron chi connectivity index (χ2n) is 3.49. The molecule has 2 nitrogen and oxygen atoms in total. The molecule has 0 atom stereocenters. The van der Waals surface area contributed by atoms with Crippen LogP contribution in [-0.4, -0.2) is 10.9 Å². The normalized spacial score (nSPS) is 9.18. The maximum absolute atomic E-state index is 11.7. The molecule has 0 unspecified atom stereocenters. The summed E-state index contributed by atoms with van der Waals surface area (Å²) in [5.41, 5.74) is 1.28. The Morgan fingerprint density at radius 2 is 1.59 bits per heavy atom. The number of hydrogen-bond donors (Lipinski definition) is 1. The molecule has 0 aliphatic carbocycles. The molecule has 0 aromatic heterocycles. The van der Waals surface area contributed by atoms with Crippen LogP contribution in [-0.2, 0) is 0 Å². The molecule has 2 aromatic rings. The van der Waals surface area contributed by atoms with E-state index >= 15 is 0 Å². The van der Waals surface area contributed by atoms with E-state index in [1.54, 1.807) is 36.4 Å². The summed E-state index contributed by atoms with van der Waals surface area (Å²) >= 11 is 0. The Morgan fingerprint density at radius 3 is 2.24 bits per heavy atom. The van der Waals surface area contributed by atoms with Crippen LogP contribution in [0.25, 0.3) is 0 Å². The number of hydrogen-bond acceptors (Lipinski definition) is 2. The first-order valence-electron chi connectivity index (χ1n) is 5.16. The standard InChI is InChI=1S/C15H10O2/c16-14-9-6-12(7-10-14)8-11-15(17)13-4-2-1-3-5-13/h1-7,9-10,16H. The van der Waals surface area contributed by atoms with Crippen LogP contribution in [0.3, 0.4) is 0 Å². The Morgan fingerprint density at radius 1 is 0.941 bits per heavy atom. The molecule has 82 valence electrons. The summed E-state index contributed by atoms with van der Waals surface area (Å²) in [6, 6.07) is 15.3. The number of benzene rings is 2. The van der Waals surface area contributed by atoms with Crippen LogP contribution < -0.4 is 0 Å². The van der Waals surface area contributed by atoms with Crippen molar-refractivity contribution in [2.45, 2.75) is 0 Å². The highest BCUT2D eigenvalue weighted by atomic mass is 16.3. The van der Waals surface area contributed by atoms with Crippen molar-refractivity contribution < 1.29 is 9.90 Å². The number of carbonyl (C=O) groups is 1. The van der Waals surface area contributed by atoms with Crippen LogP contribution in [0.1, 0.15) is 15.9 Å². The Balaban J connectivity index is 2.17. The maximum Gasteiger partial charge on any atom is 0.236 e. The summed E-state index contributed by atoms with van der Waals surface area (Å²) in [6.45, 7) is 0. The average molecular weight is 222 g/mol. The van der Waals surface area contributed by atoms with E-state index in [0.717, 1.165) is 0 Å². The fraction of sp³-hybridized carbons (Fsp3) is 0. The molecule has 0 fully saturated rings. The van der Waals surface area contributed by atoms with Gasteiger partial charge in [-0.3, -0.25) is 4.79 Å². The lowest BCUT2D eigenvalue weighted by molar-refractivity contribution is 0.105. The van der Waals surface area contributed by atoms with Gasteiger partial charge in [0.2, 0.25) is 5.78 Å². The van der Waals surface area contributed by atoms with Crippen molar-refractivity contribution in [3.63, 3.8) is 0 Å². The smallest absolute Gasteiger partial charge is 0.236 e. The second-order valence-corrected chi connectivity index (χ2v) is 3.49. The highest BCUT2D eigenvalue weighted by Gasteiger charge is 1.99. The summed E-state index contributed by atoms with van der Waals surface area (Å²) in [5, 5.41) is 9.10. The first kappa shape index (κ1) is 11.0. The number of carbonyl (C=O) groups excluding carboxylic acids is 1. The minimum absolute atomic E-state index is 0.185. The first-order chi connectivity index (χ1) is 8.25. The average Bonchev–Trinajstić information content (AvgIpc) is 2.39. The largest absolute Gasteiger partial charge is 0.508 e. The molecule has 2 rings (SSSR count). The van der Waals surface area contributed by atoms with E-state index in [1.807, 2.05) is 6.07 Å². The lowest BCUT2D eigenvalue weighted by atomic mass is 10.1. The van der Waals surface area contributed by atoms with Gasteiger partial charge in [-0.2, -0.15) is 0 Å². The van der Waals surface area contributed by atoms with E-state index in [-0.39, 0.29) is 11.5 Å². The molecule has 1 N–H and O–H groups in total. The van der Waals surface area contributed by atoms with Gasteiger partial charge in [-0.25, -0.2) is 0 Å². The lowest BCUT2D eigenvalue weighted by Crippen LogP contribution is -1.93. The van der Waals surface area contributed by atoms with Gasteiger partial charge in [0, 0.05) is 11.1 Å². The number of Topliss-reactive ketones (excluding diaryl/α,β-unsaturated/α-hetero) is 1. The van der Waals surface area contributed by atoms with E-state index in [4.69, 9.17) is 5.11 Å². The molecule has 0 saturated carbocycles. The zero-order valence-electron chi connectivity index (χ0n) is 9.05. The van der Waals surface area contributed by atoms with Crippen LogP contribution >= 0.6 is 0 Å². The molecule has 2 heteroatoms. The Bertz CT molecular complexity index is 572. The van der Waals surface area contributed by atoms with Gasteiger partial charge in [-0.05, 0) is 30.2 Å². The van der Waals surface area contributed by atoms with E-state index in [1.165, 1.54) is 12.1 Å². The van der Waals surface area contributed by atoms with Crippen molar-refractivity contribution in [1.29, 1.82) is 0 Å². The summed E-state index contributed by atoms with van der Waals surface area (Å²) < 4.78 is 0. The van der Waals surface area contributed by atoms with Crippen molar-refractivity contribution in [3.05, 3.63) is 65.7 Å². The van der Waals surface area contributed by atoms with Crippen LogP contribution in [0.2, 0.25) is 0 Å². The van der Waals surface area contributed by atoms with Gasteiger partial charge < -0.3 is 5.11 Å². The van der Waals surface area contributed by atoms with Crippen molar-refractivity contribution in [2.75, 3.05) is 0 Å². The molecule has 0 radical (unpaired) electrons. The fourth-order valence-corrected chi connectivity index (χ4v) is 1.34. The minimum Gasteiger partial charge on any atom is -0.508 e. The predicted molar refractivity (Wildman–Crippen MR) is 65.8 cm³/mol. The highest BCUT2D eigenvalue weighted by molar-refractivity contribution is 6.09. The molecular weight excluding hydrogens is 212 g/mol. The molecule has 0 aliphatic heterocycles. The number of rotatable bonds is 1. The molecule has 17 heavy (non-hydrogen) atoms. The summed E-state index contributed by atoms with van der Waals surface area (Å²) in [4.78, 5) is 11.7. The minimum atomic E-state index is -0.210. The van der Waals surface area contributed by atoms with Gasteiger partial charge in [-0.15, -0.1) is 0 Å². The molecule has 0 amide bonds. The molecule has 0 saturated heterocycles. The predicted octanol–water partition coefficient (Wildman–Crippen LogP) is 2.63. The monoisotopic (exact) mass is 222 g/mol. The fourth-order valence-electron chi connectivity index (χ4n) is 1.34. The van der Waals surface area contributed by atoms with E-state index in [9.17, 15) is 4.79 Å². The maximum atomic E-state index is 11.7. The van der Waals surface area contributed by atoms with Crippen LogP contribution in [0.4, 0.5) is 0 Å². The highest BCUT2D eigenvalue weighted by Crippen LogP contribution is 2.08. The Labute approximate surface area is 99.5 Å². The van der Waals surface area contributed by atoms with Gasteiger partial charge in [-0.1, -0.05) is 36.3 Å². The zero-order chi connectivity index (χ0) is 12.1. The molecule has 0 aliphatic rings. The van der Waals surface area contributed by atoms with Gasteiger partial charge in [0.1, 0.15) is 5.75 Å². The summed E-state index contributed by atoms with van der Waals surface area (Å²) in [5.74, 6) is 5.30. The third kappa shape index (κ3) is 2.96. The van der Waals surface area contributed by atoms with Crippen molar-refractivity contribution in [2.24, 2.45) is 0 Å². The van der Waals surface area contributed by atoms with E-state index in [0.29, 0.717) is 11.1 Å². The number of phenolic OH excluding ortho intramolecular Hbond substituents is 1. The molecule has 2 aromatic carbocycles. The van der Waals surface area contributed by atoms with Gasteiger partial charge >= 0.3 is 0 Å². The first-order valence-corrected chi connectivity index (χ1v) is 5.16. The zero-order valence-corrected chi connectivity index (χ0v) is 9.05. The number of aromatic hydroxyl groups is 1. The molecule has 0 bridgehead atoms. The van der Waals surface area contributed by atoms with Crippen LogP contribution in [0.5, 0.6) is 5.75 Å². The number of phenols is 1. The van der Waals surface area contributed by atoms with Crippen molar-refractivity contribution >= 4 is 5.78 Å². The Kier molecular flexibility index (Phi) is 3.23. The summed E-state index contributed by atoms with van der Waals surface area (Å²) in [7, 11) is 0. The van der Waals surface area contributed by atoms with Gasteiger partial charge in [0.05, 0.1) is 0 Å². The van der Waals surface area contributed by atoms with Crippen molar-refractivity contribution in [1.82, 2.24) is 0 Å². The molecular formula is C15H10O2. The third-order valence-electron chi connectivity index (χ3n) is 2.22. The topological polar surface area (TPSA) is 37.3 Å². The quantitative estimate of drug-likeness (QED) is 0.595. The lowest BCUT2D eigenvalue weighted by Gasteiger charge is -1.92.